The first-order chi connectivity index (χ1) is 9.20. The molecule has 1 heterocycles. The van der Waals surface area contributed by atoms with E-state index in [1.165, 1.54) is 0 Å². The summed E-state index contributed by atoms with van der Waals surface area (Å²) in [6, 6.07) is 0. The van der Waals surface area contributed by atoms with Crippen LogP contribution in [0.5, 0.6) is 0 Å². The Hall–Kier alpha value is -0.460. The molecule has 3 N–H and O–H groups in total. The number of aliphatic hydroxyl groups excluding tert-OH is 3. The lowest BCUT2D eigenvalue weighted by Crippen LogP contribution is -2.42. The number of unbranched alkanes of at least 4 members (excludes halogenated alkanes) is 4. The highest BCUT2D eigenvalue weighted by Crippen LogP contribution is 2.19. The van der Waals surface area contributed by atoms with E-state index in [2.05, 4.69) is 6.58 Å². The summed E-state index contributed by atoms with van der Waals surface area (Å²) in [7, 11) is 0. The van der Waals surface area contributed by atoms with Gasteiger partial charge in [-0.2, -0.15) is 0 Å². The zero-order valence-electron chi connectivity index (χ0n) is 11.4. The molecular formula is C14H26O5. The topological polar surface area (TPSA) is 79.2 Å². The van der Waals surface area contributed by atoms with E-state index >= 15 is 0 Å². The Labute approximate surface area is 114 Å². The maximum Gasteiger partial charge on any atom is 0.114 e. The molecule has 1 rings (SSSR count). The van der Waals surface area contributed by atoms with Crippen molar-refractivity contribution in [1.82, 2.24) is 0 Å². The molecule has 19 heavy (non-hydrogen) atoms. The Morgan fingerprint density at radius 3 is 2.58 bits per heavy atom. The molecule has 4 atom stereocenters. The summed E-state index contributed by atoms with van der Waals surface area (Å²) in [4.78, 5) is 0. The predicted molar refractivity (Wildman–Crippen MR) is 71.9 cm³/mol. The minimum Gasteiger partial charge on any atom is -0.394 e. The van der Waals surface area contributed by atoms with Crippen LogP contribution in [0.25, 0.3) is 0 Å². The van der Waals surface area contributed by atoms with Crippen molar-refractivity contribution in [3.8, 4) is 0 Å². The van der Waals surface area contributed by atoms with Crippen molar-refractivity contribution in [2.24, 2.45) is 0 Å². The van der Waals surface area contributed by atoms with Crippen molar-refractivity contribution >= 4 is 0 Å². The number of hydrogen-bond acceptors (Lipinski definition) is 5. The fourth-order valence-electron chi connectivity index (χ4n) is 2.18. The van der Waals surface area contributed by atoms with Gasteiger partial charge in [-0.3, -0.25) is 0 Å². The van der Waals surface area contributed by atoms with Crippen LogP contribution in [0.2, 0.25) is 0 Å². The molecule has 1 saturated heterocycles. The summed E-state index contributed by atoms with van der Waals surface area (Å²) >= 11 is 0. The molecule has 1 fully saturated rings. The second kappa shape index (κ2) is 9.44. The molecule has 0 aromatic rings. The predicted octanol–water partition coefficient (Wildman–Crippen LogP) is 0.621. The quantitative estimate of drug-likeness (QED) is 0.402. The van der Waals surface area contributed by atoms with Crippen molar-refractivity contribution < 1.29 is 24.8 Å². The molecular weight excluding hydrogens is 248 g/mol. The fourth-order valence-corrected chi connectivity index (χ4v) is 2.18. The molecule has 0 unspecified atom stereocenters. The van der Waals surface area contributed by atoms with Crippen LogP contribution in [0.3, 0.4) is 0 Å². The first-order valence-corrected chi connectivity index (χ1v) is 7.01. The maximum atomic E-state index is 9.68. The van der Waals surface area contributed by atoms with E-state index in [4.69, 9.17) is 9.47 Å². The molecule has 0 spiro atoms. The molecule has 112 valence electrons. The van der Waals surface area contributed by atoms with Crippen molar-refractivity contribution in [1.29, 1.82) is 0 Å². The van der Waals surface area contributed by atoms with E-state index in [1.54, 1.807) is 0 Å². The lowest BCUT2D eigenvalue weighted by Gasteiger charge is -2.24. The summed E-state index contributed by atoms with van der Waals surface area (Å²) in [5.74, 6) is 0. The van der Waals surface area contributed by atoms with Crippen molar-refractivity contribution in [3.05, 3.63) is 12.7 Å². The van der Waals surface area contributed by atoms with E-state index < -0.39 is 24.4 Å². The first kappa shape index (κ1) is 16.6. The minimum absolute atomic E-state index is 0.0905. The second-order valence-electron chi connectivity index (χ2n) is 4.94. The summed E-state index contributed by atoms with van der Waals surface area (Å²) in [5, 5.41) is 28.3. The van der Waals surface area contributed by atoms with Crippen LogP contribution in [-0.4, -0.2) is 59.6 Å². The molecule has 0 aliphatic carbocycles. The maximum absolute atomic E-state index is 9.68. The van der Waals surface area contributed by atoms with E-state index in [0.29, 0.717) is 6.61 Å². The second-order valence-corrected chi connectivity index (χ2v) is 4.94. The Balaban J connectivity index is 2.13. The van der Waals surface area contributed by atoms with Crippen molar-refractivity contribution in [3.63, 3.8) is 0 Å². The van der Waals surface area contributed by atoms with Crippen molar-refractivity contribution in [2.75, 3.05) is 19.8 Å². The van der Waals surface area contributed by atoms with Gasteiger partial charge >= 0.3 is 0 Å². The van der Waals surface area contributed by atoms with Gasteiger partial charge in [0.1, 0.15) is 24.4 Å². The summed E-state index contributed by atoms with van der Waals surface area (Å²) < 4.78 is 10.8. The van der Waals surface area contributed by atoms with Crippen molar-refractivity contribution in [2.45, 2.75) is 56.5 Å². The number of hydrogen-bond donors (Lipinski definition) is 3. The van der Waals surface area contributed by atoms with E-state index in [-0.39, 0.29) is 13.2 Å². The Kier molecular flexibility index (Phi) is 8.25. The van der Waals surface area contributed by atoms with Gasteiger partial charge in [-0.1, -0.05) is 18.9 Å². The summed E-state index contributed by atoms with van der Waals surface area (Å²) in [5.41, 5.74) is 0. The zero-order valence-corrected chi connectivity index (χ0v) is 11.4. The van der Waals surface area contributed by atoms with Crippen LogP contribution >= 0.6 is 0 Å². The van der Waals surface area contributed by atoms with Gasteiger partial charge in [0.2, 0.25) is 0 Å². The van der Waals surface area contributed by atoms with Crippen LogP contribution in [0.1, 0.15) is 32.1 Å². The van der Waals surface area contributed by atoms with Crippen LogP contribution < -0.4 is 0 Å². The fraction of sp³-hybridized carbons (Fsp3) is 0.857. The van der Waals surface area contributed by atoms with Gasteiger partial charge in [0, 0.05) is 6.61 Å². The monoisotopic (exact) mass is 274 g/mol. The van der Waals surface area contributed by atoms with Crippen LogP contribution in [0, 0.1) is 0 Å². The molecule has 5 heteroatoms. The molecule has 0 saturated carbocycles. The van der Waals surface area contributed by atoms with Crippen LogP contribution in [-0.2, 0) is 9.47 Å². The van der Waals surface area contributed by atoms with Gasteiger partial charge in [-0.25, -0.2) is 0 Å². The van der Waals surface area contributed by atoms with Gasteiger partial charge in [0.25, 0.3) is 0 Å². The molecule has 5 nitrogen and oxygen atoms in total. The third kappa shape index (κ3) is 5.58. The molecule has 0 bridgehead atoms. The minimum atomic E-state index is -0.982. The lowest BCUT2D eigenvalue weighted by atomic mass is 10.1. The van der Waals surface area contributed by atoms with Gasteiger partial charge in [-0.05, 0) is 19.3 Å². The largest absolute Gasteiger partial charge is 0.394 e. The van der Waals surface area contributed by atoms with Gasteiger partial charge < -0.3 is 24.8 Å². The highest BCUT2D eigenvalue weighted by atomic mass is 16.6. The molecule has 0 amide bonds. The smallest absolute Gasteiger partial charge is 0.114 e. The van der Waals surface area contributed by atoms with Gasteiger partial charge in [0.05, 0.1) is 13.2 Å². The highest BCUT2D eigenvalue weighted by Gasteiger charge is 2.40. The third-order valence-electron chi connectivity index (χ3n) is 3.37. The first-order valence-electron chi connectivity index (χ1n) is 7.01. The lowest BCUT2D eigenvalue weighted by molar-refractivity contribution is -0.101. The SMILES string of the molecule is C=CCCCCCCO[C@@H](CO)[C@H]1OC[C@@H](O)[C@H]1O. The third-order valence-corrected chi connectivity index (χ3v) is 3.37. The molecule has 0 aromatic carbocycles. The summed E-state index contributed by atoms with van der Waals surface area (Å²) in [6.07, 6.45) is 4.15. The van der Waals surface area contributed by atoms with Crippen LogP contribution in [0.4, 0.5) is 0 Å². The number of rotatable bonds is 10. The molecule has 0 radical (unpaired) electrons. The average molecular weight is 274 g/mol. The Morgan fingerprint density at radius 2 is 2.00 bits per heavy atom. The Bertz CT molecular complexity index is 246. The Morgan fingerprint density at radius 1 is 1.26 bits per heavy atom. The normalized spacial score (nSPS) is 28.5. The molecule has 1 aliphatic rings. The van der Waals surface area contributed by atoms with Gasteiger partial charge in [-0.15, -0.1) is 6.58 Å². The zero-order chi connectivity index (χ0) is 14.1. The highest BCUT2D eigenvalue weighted by molar-refractivity contribution is 4.88. The molecule has 1 aliphatic heterocycles. The standard InChI is InChI=1S/C14H26O5/c1-2-3-4-5-6-7-8-18-12(9-15)14-13(17)11(16)10-19-14/h2,11-17H,1,3-10H2/t11-,12+,13-,14-/m1/s1. The number of aliphatic hydroxyl groups is 3. The average Bonchev–Trinajstić information content (AvgIpc) is 2.74. The van der Waals surface area contributed by atoms with Crippen LogP contribution in [0.15, 0.2) is 12.7 Å². The van der Waals surface area contributed by atoms with E-state index in [9.17, 15) is 15.3 Å². The van der Waals surface area contributed by atoms with E-state index in [0.717, 1.165) is 32.1 Å². The number of ether oxygens (including phenoxy) is 2. The molecule has 0 aromatic heterocycles. The van der Waals surface area contributed by atoms with Gasteiger partial charge in [0.15, 0.2) is 0 Å². The number of allylic oxidation sites excluding steroid dienone is 1. The summed E-state index contributed by atoms with van der Waals surface area (Å²) in [6.45, 7) is 4.08. The van der Waals surface area contributed by atoms with E-state index in [1.807, 2.05) is 6.08 Å².